The highest BCUT2D eigenvalue weighted by Gasteiger charge is 2.25. The molecule has 0 saturated carbocycles. The number of anilines is 1. The third kappa shape index (κ3) is 5.31. The summed E-state index contributed by atoms with van der Waals surface area (Å²) in [6.07, 6.45) is 1.93. The van der Waals surface area contributed by atoms with Crippen LogP contribution in [-0.4, -0.2) is 39.7 Å². The number of hydrogen-bond donors (Lipinski definition) is 1. The summed E-state index contributed by atoms with van der Waals surface area (Å²) >= 11 is 1.52. The largest absolute Gasteiger partial charge is 0.484 e. The monoisotopic (exact) mass is 480 g/mol. The van der Waals surface area contributed by atoms with Gasteiger partial charge in [-0.15, -0.1) is 0 Å². The first-order chi connectivity index (χ1) is 16.3. The molecule has 2 aliphatic heterocycles. The Morgan fingerprint density at radius 2 is 2.09 bits per heavy atom. The predicted molar refractivity (Wildman–Crippen MR) is 129 cm³/mol. The number of amides is 1. The van der Waals surface area contributed by atoms with Crippen LogP contribution in [0.2, 0.25) is 0 Å². The Kier molecular flexibility index (Phi) is 6.14. The van der Waals surface area contributed by atoms with Gasteiger partial charge in [-0.1, -0.05) is 35.6 Å². The van der Waals surface area contributed by atoms with E-state index in [4.69, 9.17) is 14.2 Å². The van der Waals surface area contributed by atoms with E-state index in [1.807, 2.05) is 32.9 Å². The van der Waals surface area contributed by atoms with Gasteiger partial charge in [-0.3, -0.25) is 10.2 Å². The molecule has 0 fully saturated rings. The van der Waals surface area contributed by atoms with Crippen LogP contribution in [0.15, 0.2) is 42.6 Å². The van der Waals surface area contributed by atoms with Crippen molar-refractivity contribution < 1.29 is 19.0 Å². The Morgan fingerprint density at radius 3 is 2.88 bits per heavy atom. The number of carbonyl (C=O) groups excluding carboxylic acids is 1. The van der Waals surface area contributed by atoms with Gasteiger partial charge in [0.2, 0.25) is 0 Å². The minimum atomic E-state index is -0.537. The second-order valence-electron chi connectivity index (χ2n) is 9.44. The van der Waals surface area contributed by atoms with E-state index in [1.165, 1.54) is 21.8 Å². The summed E-state index contributed by atoms with van der Waals surface area (Å²) in [6.45, 7) is 8.58. The van der Waals surface area contributed by atoms with E-state index < -0.39 is 11.7 Å². The molecular weight excluding hydrogens is 452 g/mol. The molecule has 178 valence electrons. The molecule has 2 aliphatic rings. The Labute approximate surface area is 202 Å². The number of hydrogen-bond acceptors (Lipinski definition) is 8. The lowest BCUT2D eigenvalue weighted by Crippen LogP contribution is -2.29. The lowest BCUT2D eigenvalue weighted by Gasteiger charge is -2.27. The first-order valence-electron chi connectivity index (χ1n) is 11.4. The van der Waals surface area contributed by atoms with Gasteiger partial charge in [0.15, 0.2) is 17.0 Å². The van der Waals surface area contributed by atoms with Gasteiger partial charge in [-0.25, -0.2) is 14.8 Å². The van der Waals surface area contributed by atoms with E-state index in [0.717, 1.165) is 37.3 Å². The van der Waals surface area contributed by atoms with E-state index in [0.29, 0.717) is 23.4 Å². The fourth-order valence-electron chi connectivity index (χ4n) is 4.00. The van der Waals surface area contributed by atoms with Crippen molar-refractivity contribution >= 4 is 22.6 Å². The van der Waals surface area contributed by atoms with Gasteiger partial charge < -0.3 is 14.2 Å². The zero-order valence-corrected chi connectivity index (χ0v) is 20.4. The fraction of sp³-hybridized carbons (Fsp3) is 0.400. The Balaban J connectivity index is 1.17. The number of nitrogens with one attached hydrogen (secondary N) is 1. The second kappa shape index (κ2) is 9.23. The summed E-state index contributed by atoms with van der Waals surface area (Å²) in [7, 11) is 0. The van der Waals surface area contributed by atoms with E-state index in [2.05, 4.69) is 44.5 Å². The van der Waals surface area contributed by atoms with Crippen LogP contribution in [0.3, 0.4) is 0 Å². The first kappa shape index (κ1) is 22.6. The van der Waals surface area contributed by atoms with Gasteiger partial charge in [0.1, 0.15) is 12.2 Å². The third-order valence-corrected chi connectivity index (χ3v) is 6.55. The topological polar surface area (TPSA) is 85.8 Å². The number of aromatic nitrogens is 2. The number of ether oxygens (including phenoxy) is 3. The van der Waals surface area contributed by atoms with Gasteiger partial charge in [0.05, 0.1) is 5.69 Å². The maximum atomic E-state index is 12.1. The number of carbonyl (C=O) groups is 1. The number of fused-ring (bicyclic) bond motifs is 2. The van der Waals surface area contributed by atoms with E-state index >= 15 is 0 Å². The molecule has 1 N–H and O–H groups in total. The minimum Gasteiger partial charge on any atom is -0.484 e. The molecular formula is C25H28N4O4S. The van der Waals surface area contributed by atoms with E-state index in [1.54, 1.807) is 6.20 Å². The van der Waals surface area contributed by atoms with Crippen LogP contribution in [0.1, 0.15) is 48.6 Å². The summed E-state index contributed by atoms with van der Waals surface area (Å²) in [4.78, 5) is 24.5. The molecule has 0 bridgehead atoms. The summed E-state index contributed by atoms with van der Waals surface area (Å²) in [5.41, 5.74) is 2.83. The molecule has 34 heavy (non-hydrogen) atoms. The second-order valence-corrected chi connectivity index (χ2v) is 10.5. The highest BCUT2D eigenvalue weighted by molar-refractivity contribution is 7.15. The zero-order chi connectivity index (χ0) is 23.7. The number of thiazole rings is 1. The van der Waals surface area contributed by atoms with Crippen LogP contribution in [0.5, 0.6) is 11.6 Å². The quantitative estimate of drug-likeness (QED) is 0.565. The average Bonchev–Trinajstić information content (AvgIpc) is 3.19. The van der Waals surface area contributed by atoms with Gasteiger partial charge in [0, 0.05) is 37.1 Å². The molecule has 5 rings (SSSR count). The van der Waals surface area contributed by atoms with Crippen molar-refractivity contribution in [1.29, 1.82) is 0 Å². The highest BCUT2D eigenvalue weighted by atomic mass is 32.1. The van der Waals surface area contributed by atoms with Crippen molar-refractivity contribution in [3.63, 3.8) is 0 Å². The van der Waals surface area contributed by atoms with Gasteiger partial charge in [0.25, 0.3) is 5.88 Å². The van der Waals surface area contributed by atoms with E-state index in [-0.39, 0.29) is 6.10 Å². The van der Waals surface area contributed by atoms with Crippen LogP contribution in [-0.2, 0) is 24.2 Å². The minimum absolute atomic E-state index is 0.165. The lowest BCUT2D eigenvalue weighted by molar-refractivity contribution is 0.0636. The molecule has 4 heterocycles. The van der Waals surface area contributed by atoms with Gasteiger partial charge in [-0.2, -0.15) is 0 Å². The molecule has 0 unspecified atom stereocenters. The molecule has 1 aromatic carbocycles. The number of rotatable bonds is 4. The lowest BCUT2D eigenvalue weighted by atomic mass is 10.1. The molecule has 2 aromatic heterocycles. The molecule has 0 spiro atoms. The van der Waals surface area contributed by atoms with E-state index in [9.17, 15) is 4.79 Å². The molecule has 9 heteroatoms. The van der Waals surface area contributed by atoms with Gasteiger partial charge >= 0.3 is 6.09 Å². The predicted octanol–water partition coefficient (Wildman–Crippen LogP) is 4.96. The fourth-order valence-corrected chi connectivity index (χ4v) is 5.03. The molecule has 8 nitrogen and oxygen atoms in total. The zero-order valence-electron chi connectivity index (χ0n) is 19.5. The smallest absolute Gasteiger partial charge is 0.413 e. The van der Waals surface area contributed by atoms with Crippen molar-refractivity contribution in [2.75, 3.05) is 18.5 Å². The van der Waals surface area contributed by atoms with Crippen molar-refractivity contribution in [1.82, 2.24) is 14.9 Å². The number of pyridine rings is 1. The SMILES string of the molecule is CC(C)(C)OC(=O)Nc1nc2c(s1)CN(Cc1ccc([C@H]3COc4cccnc4O3)cc1)CC2. The maximum absolute atomic E-state index is 12.1. The van der Waals surface area contributed by atoms with Crippen molar-refractivity contribution in [2.45, 2.75) is 52.0 Å². The standard InChI is InChI=1S/C25H28N4O4S/c1-25(2,3)33-24(30)28-23-27-18-10-12-29(14-21(18)34-23)13-16-6-8-17(9-7-16)20-15-31-19-5-4-11-26-22(19)32-20/h4-9,11,20H,10,12-15H2,1-3H3,(H,27,28,30)/t20-/m1/s1. The average molecular weight is 481 g/mol. The Bertz CT molecular complexity index is 1170. The summed E-state index contributed by atoms with van der Waals surface area (Å²) < 4.78 is 17.1. The van der Waals surface area contributed by atoms with Crippen LogP contribution in [0.25, 0.3) is 0 Å². The van der Waals surface area contributed by atoms with Gasteiger partial charge in [-0.05, 0) is 44.0 Å². The Morgan fingerprint density at radius 1 is 1.26 bits per heavy atom. The third-order valence-electron chi connectivity index (χ3n) is 5.56. The van der Waals surface area contributed by atoms with Crippen molar-refractivity contribution in [3.8, 4) is 11.6 Å². The molecule has 0 aliphatic carbocycles. The molecule has 0 saturated heterocycles. The highest BCUT2D eigenvalue weighted by Crippen LogP contribution is 2.34. The normalized spacial score (nSPS) is 17.7. The summed E-state index contributed by atoms with van der Waals surface area (Å²) in [5, 5.41) is 3.36. The Hall–Kier alpha value is -3.17. The van der Waals surface area contributed by atoms with Crippen LogP contribution < -0.4 is 14.8 Å². The first-order valence-corrected chi connectivity index (χ1v) is 12.2. The van der Waals surface area contributed by atoms with Crippen LogP contribution in [0, 0.1) is 0 Å². The summed E-state index contributed by atoms with van der Waals surface area (Å²) in [6, 6.07) is 12.2. The molecule has 3 aromatic rings. The summed E-state index contributed by atoms with van der Waals surface area (Å²) in [5.74, 6) is 1.23. The van der Waals surface area contributed by atoms with Crippen LogP contribution in [0.4, 0.5) is 9.93 Å². The molecule has 1 atom stereocenters. The maximum Gasteiger partial charge on any atom is 0.413 e. The number of benzene rings is 1. The van der Waals surface area contributed by atoms with Crippen LogP contribution >= 0.6 is 11.3 Å². The van der Waals surface area contributed by atoms with Crippen molar-refractivity contribution in [2.24, 2.45) is 0 Å². The molecule has 0 radical (unpaired) electrons. The van der Waals surface area contributed by atoms with Crippen molar-refractivity contribution in [3.05, 3.63) is 64.3 Å². The number of nitrogens with zero attached hydrogens (tertiary/aromatic N) is 3. The molecule has 1 amide bonds.